The molecule has 0 aromatic heterocycles. The standard InChI is InChI=1S/C15H16IO/c1-12(2)17-15-11-7-6-10-14(15)16-13-8-4-3-5-9-13/h3-12H,1-2H3/q+1. The van der Waals surface area contributed by atoms with E-state index in [0.717, 1.165) is 5.75 Å². The van der Waals surface area contributed by atoms with Gasteiger partial charge in [-0.1, -0.05) is 30.3 Å². The summed E-state index contributed by atoms with van der Waals surface area (Å²) < 4.78 is 8.62. The summed E-state index contributed by atoms with van der Waals surface area (Å²) in [6, 6.07) is 19.0. The van der Waals surface area contributed by atoms with E-state index in [1.54, 1.807) is 0 Å². The van der Waals surface area contributed by atoms with Gasteiger partial charge in [0.25, 0.3) is 0 Å². The van der Waals surface area contributed by atoms with Gasteiger partial charge in [0.05, 0.1) is 6.10 Å². The fourth-order valence-electron chi connectivity index (χ4n) is 1.47. The van der Waals surface area contributed by atoms with Gasteiger partial charge in [-0.25, -0.2) is 0 Å². The van der Waals surface area contributed by atoms with Crippen molar-refractivity contribution < 1.29 is 25.9 Å². The molecule has 0 saturated carbocycles. The molecule has 0 atom stereocenters. The monoisotopic (exact) mass is 339 g/mol. The van der Waals surface area contributed by atoms with Gasteiger partial charge in [-0.05, 0) is 38.1 Å². The quantitative estimate of drug-likeness (QED) is 0.742. The number of ether oxygens (including phenoxy) is 1. The lowest BCUT2D eigenvalue weighted by Gasteiger charge is -2.08. The molecule has 2 heteroatoms. The van der Waals surface area contributed by atoms with Crippen LogP contribution in [0.4, 0.5) is 0 Å². The highest BCUT2D eigenvalue weighted by Gasteiger charge is 2.20. The highest BCUT2D eigenvalue weighted by atomic mass is 127. The molecule has 0 saturated heterocycles. The first-order valence-electron chi connectivity index (χ1n) is 5.71. The summed E-state index contributed by atoms with van der Waals surface area (Å²) in [4.78, 5) is 0. The van der Waals surface area contributed by atoms with E-state index in [1.807, 2.05) is 6.07 Å². The molecule has 2 aromatic carbocycles. The van der Waals surface area contributed by atoms with Crippen LogP contribution in [0.3, 0.4) is 0 Å². The Kier molecular flexibility index (Phi) is 4.42. The summed E-state index contributed by atoms with van der Waals surface area (Å²) in [5.41, 5.74) is 0. The molecule has 0 spiro atoms. The first-order valence-corrected chi connectivity index (χ1v) is 7.87. The van der Waals surface area contributed by atoms with E-state index in [2.05, 4.69) is 62.4 Å². The van der Waals surface area contributed by atoms with Crippen molar-refractivity contribution in [3.8, 4) is 5.75 Å². The second-order valence-electron chi connectivity index (χ2n) is 3.99. The van der Waals surface area contributed by atoms with Gasteiger partial charge < -0.3 is 4.74 Å². The van der Waals surface area contributed by atoms with Crippen LogP contribution in [-0.4, -0.2) is 6.10 Å². The van der Waals surface area contributed by atoms with E-state index >= 15 is 0 Å². The Labute approximate surface area is 113 Å². The Hall–Kier alpha value is -1.03. The molecule has 88 valence electrons. The maximum Gasteiger partial charge on any atom is 0.362 e. The summed E-state index contributed by atoms with van der Waals surface area (Å²) in [7, 11) is 0. The predicted molar refractivity (Wildman–Crippen MR) is 66.0 cm³/mol. The summed E-state index contributed by atoms with van der Waals surface area (Å²) in [6.45, 7) is 4.13. The molecular weight excluding hydrogens is 323 g/mol. The Bertz CT molecular complexity index is 465. The number of rotatable bonds is 4. The molecule has 0 amide bonds. The lowest BCUT2D eigenvalue weighted by Crippen LogP contribution is -3.61. The van der Waals surface area contributed by atoms with E-state index < -0.39 is 0 Å². The molecule has 0 N–H and O–H groups in total. The van der Waals surface area contributed by atoms with Gasteiger partial charge in [-0.2, -0.15) is 0 Å². The number of halogens is 1. The van der Waals surface area contributed by atoms with Crippen LogP contribution in [0, 0.1) is 7.14 Å². The number of benzene rings is 2. The lowest BCUT2D eigenvalue weighted by molar-refractivity contribution is -0.598. The van der Waals surface area contributed by atoms with Crippen LogP contribution in [0.5, 0.6) is 5.75 Å². The highest BCUT2D eigenvalue weighted by molar-refractivity contribution is 5.21. The van der Waals surface area contributed by atoms with Crippen molar-refractivity contribution in [1.82, 2.24) is 0 Å². The van der Waals surface area contributed by atoms with Crippen LogP contribution < -0.4 is 25.9 Å². The molecule has 0 fully saturated rings. The minimum absolute atomic E-state index is 0.150. The van der Waals surface area contributed by atoms with Crippen molar-refractivity contribution in [1.29, 1.82) is 0 Å². The van der Waals surface area contributed by atoms with Gasteiger partial charge in [-0.15, -0.1) is 0 Å². The first-order chi connectivity index (χ1) is 8.25. The Morgan fingerprint density at radius 1 is 0.882 bits per heavy atom. The molecule has 1 nitrogen and oxygen atoms in total. The Balaban J connectivity index is 2.20. The smallest absolute Gasteiger partial charge is 0.362 e. The van der Waals surface area contributed by atoms with Gasteiger partial charge in [0.1, 0.15) is 0 Å². The third kappa shape index (κ3) is 3.73. The average Bonchev–Trinajstić information content (AvgIpc) is 2.32. The molecule has 0 aliphatic heterocycles. The van der Waals surface area contributed by atoms with Crippen molar-refractivity contribution in [3.63, 3.8) is 0 Å². The number of hydrogen-bond donors (Lipinski definition) is 0. The second kappa shape index (κ2) is 6.05. The average molecular weight is 339 g/mol. The first kappa shape index (κ1) is 12.4. The maximum absolute atomic E-state index is 5.85. The number of hydrogen-bond acceptors (Lipinski definition) is 1. The fourth-order valence-corrected chi connectivity index (χ4v) is 3.87. The van der Waals surface area contributed by atoms with Crippen LogP contribution in [0.15, 0.2) is 54.6 Å². The normalized spacial score (nSPS) is 10.5. The summed E-state index contributed by atoms with van der Waals surface area (Å²) in [5.74, 6) is 1.04. The molecule has 2 rings (SSSR count). The molecule has 2 aromatic rings. The maximum atomic E-state index is 5.85. The van der Waals surface area contributed by atoms with Crippen molar-refractivity contribution in [2.24, 2.45) is 0 Å². The van der Waals surface area contributed by atoms with Gasteiger partial charge >= 0.3 is 21.2 Å². The molecule has 17 heavy (non-hydrogen) atoms. The molecule has 0 aliphatic carbocycles. The van der Waals surface area contributed by atoms with Gasteiger partial charge in [0.2, 0.25) is 3.57 Å². The van der Waals surface area contributed by atoms with Crippen molar-refractivity contribution >= 4 is 0 Å². The summed E-state index contributed by atoms with van der Waals surface area (Å²) in [5, 5.41) is 0. The van der Waals surface area contributed by atoms with Crippen LogP contribution >= 0.6 is 0 Å². The molecular formula is C15H16IO+. The van der Waals surface area contributed by atoms with Crippen LogP contribution in [0.1, 0.15) is 13.8 Å². The summed E-state index contributed by atoms with van der Waals surface area (Å²) >= 11 is -0.150. The zero-order valence-corrected chi connectivity index (χ0v) is 12.2. The summed E-state index contributed by atoms with van der Waals surface area (Å²) in [6.07, 6.45) is 0.232. The van der Waals surface area contributed by atoms with Crippen LogP contribution in [-0.2, 0) is 0 Å². The third-order valence-corrected chi connectivity index (χ3v) is 4.96. The van der Waals surface area contributed by atoms with E-state index in [9.17, 15) is 0 Å². The highest BCUT2D eigenvalue weighted by Crippen LogP contribution is 2.10. The Morgan fingerprint density at radius 3 is 2.24 bits per heavy atom. The zero-order chi connectivity index (χ0) is 12.1. The fraction of sp³-hybridized carbons (Fsp3) is 0.200. The number of para-hydroxylation sites is 1. The third-order valence-electron chi connectivity index (χ3n) is 2.14. The van der Waals surface area contributed by atoms with E-state index in [-0.39, 0.29) is 27.3 Å². The van der Waals surface area contributed by atoms with Gasteiger partial charge in [-0.3, -0.25) is 0 Å². The molecule has 0 radical (unpaired) electrons. The second-order valence-corrected chi connectivity index (χ2v) is 6.93. The van der Waals surface area contributed by atoms with Gasteiger partial charge in [0, 0.05) is 0 Å². The largest absolute Gasteiger partial charge is 0.486 e. The van der Waals surface area contributed by atoms with Gasteiger partial charge in [0.15, 0.2) is 9.32 Å². The van der Waals surface area contributed by atoms with E-state index in [4.69, 9.17) is 4.74 Å². The zero-order valence-electron chi connectivity index (χ0n) is 10.1. The van der Waals surface area contributed by atoms with E-state index in [0.29, 0.717) is 0 Å². The minimum Gasteiger partial charge on any atom is -0.486 e. The van der Waals surface area contributed by atoms with Crippen LogP contribution in [0.25, 0.3) is 0 Å². The molecule has 0 bridgehead atoms. The molecule has 0 unspecified atom stereocenters. The lowest BCUT2D eigenvalue weighted by atomic mass is 10.3. The molecule has 0 heterocycles. The van der Waals surface area contributed by atoms with Crippen molar-refractivity contribution in [2.45, 2.75) is 20.0 Å². The van der Waals surface area contributed by atoms with Crippen molar-refractivity contribution in [2.75, 3.05) is 0 Å². The topological polar surface area (TPSA) is 9.23 Å². The van der Waals surface area contributed by atoms with Crippen molar-refractivity contribution in [3.05, 3.63) is 61.7 Å². The minimum atomic E-state index is -0.150. The van der Waals surface area contributed by atoms with E-state index in [1.165, 1.54) is 7.14 Å². The predicted octanol–water partition coefficient (Wildman–Crippen LogP) is 0.602. The Morgan fingerprint density at radius 2 is 1.53 bits per heavy atom. The SMILES string of the molecule is CC(C)Oc1ccccc1[I+]c1ccccc1. The molecule has 0 aliphatic rings. The van der Waals surface area contributed by atoms with Crippen LogP contribution in [0.2, 0.25) is 0 Å².